The van der Waals surface area contributed by atoms with Crippen LogP contribution in [0.4, 0.5) is 0 Å². The number of ether oxygens (including phenoxy) is 1. The van der Waals surface area contributed by atoms with E-state index < -0.39 is 11.9 Å². The fourth-order valence-corrected chi connectivity index (χ4v) is 2.59. The molecule has 0 fully saturated rings. The van der Waals surface area contributed by atoms with Crippen molar-refractivity contribution in [2.45, 2.75) is 12.5 Å². The summed E-state index contributed by atoms with van der Waals surface area (Å²) < 4.78 is 5.59. The Labute approximate surface area is 137 Å². The van der Waals surface area contributed by atoms with E-state index >= 15 is 0 Å². The Balaban J connectivity index is 2.30. The summed E-state index contributed by atoms with van der Waals surface area (Å²) in [7, 11) is 0. The number of rotatable bonds is 6. The average molecular weight is 339 g/mol. The first-order chi connectivity index (χ1) is 10.5. The minimum Gasteiger partial charge on any atom is -0.487 e. The molecule has 1 N–H and O–H groups in total. The molecule has 0 aliphatic rings. The van der Waals surface area contributed by atoms with E-state index in [0.29, 0.717) is 0 Å². The molecule has 0 saturated heterocycles. The van der Waals surface area contributed by atoms with Crippen molar-refractivity contribution in [3.05, 3.63) is 63.6 Å². The highest BCUT2D eigenvalue weighted by molar-refractivity contribution is 6.37. The Morgan fingerprint density at radius 1 is 1.18 bits per heavy atom. The minimum atomic E-state index is -1.43. The zero-order chi connectivity index (χ0) is 16.1. The van der Waals surface area contributed by atoms with Gasteiger partial charge in [-0.05, 0) is 17.7 Å². The molecular formula is C16H12Cl2O4. The van der Waals surface area contributed by atoms with E-state index in [9.17, 15) is 9.59 Å². The number of carbonyl (C=O) groups excluding carboxylic acids is 1. The molecule has 2 aromatic rings. The fraction of sp³-hybridized carbons (Fsp3) is 0.125. The Kier molecular flexibility index (Phi) is 5.41. The number of halogens is 2. The summed E-state index contributed by atoms with van der Waals surface area (Å²) in [6, 6.07) is 12.4. The van der Waals surface area contributed by atoms with Gasteiger partial charge in [-0.3, -0.25) is 4.79 Å². The maximum Gasteiger partial charge on any atom is 0.318 e. The molecule has 0 aliphatic heterocycles. The van der Waals surface area contributed by atoms with Gasteiger partial charge in [0.2, 0.25) is 0 Å². The van der Waals surface area contributed by atoms with Gasteiger partial charge in [0.15, 0.2) is 0 Å². The molecular weight excluding hydrogens is 327 g/mol. The third kappa shape index (κ3) is 3.59. The lowest BCUT2D eigenvalue weighted by atomic mass is 10.0. The molecule has 0 saturated carbocycles. The van der Waals surface area contributed by atoms with Crippen LogP contribution in [0.3, 0.4) is 0 Å². The van der Waals surface area contributed by atoms with Gasteiger partial charge in [0, 0.05) is 10.6 Å². The molecule has 4 nitrogen and oxygen atoms in total. The van der Waals surface area contributed by atoms with Crippen LogP contribution in [0.15, 0.2) is 42.5 Å². The summed E-state index contributed by atoms with van der Waals surface area (Å²) in [6.07, 6.45) is 0.288. The van der Waals surface area contributed by atoms with E-state index in [2.05, 4.69) is 0 Å². The first-order valence-corrected chi connectivity index (χ1v) is 7.13. The number of carboxylic acid groups (broad SMARTS) is 1. The quantitative estimate of drug-likeness (QED) is 0.640. The standard InChI is InChI=1S/C16H12Cl2O4/c17-12-6-7-13(22-9-10-4-2-1-3-5-10)15(18)14(12)11(8-19)16(20)21/h1-8,11H,9H2,(H,20,21). The molecule has 1 unspecified atom stereocenters. The lowest BCUT2D eigenvalue weighted by Crippen LogP contribution is -2.14. The first kappa shape index (κ1) is 16.3. The largest absolute Gasteiger partial charge is 0.487 e. The van der Waals surface area contributed by atoms with Crippen molar-refractivity contribution in [3.8, 4) is 5.75 Å². The number of hydrogen-bond donors (Lipinski definition) is 1. The van der Waals surface area contributed by atoms with Gasteiger partial charge in [-0.2, -0.15) is 0 Å². The first-order valence-electron chi connectivity index (χ1n) is 6.37. The van der Waals surface area contributed by atoms with Crippen LogP contribution in [0.2, 0.25) is 10.0 Å². The van der Waals surface area contributed by atoms with Crippen LogP contribution in [-0.4, -0.2) is 17.4 Å². The average Bonchev–Trinajstić information content (AvgIpc) is 2.51. The van der Waals surface area contributed by atoms with Gasteiger partial charge in [0.1, 0.15) is 24.6 Å². The van der Waals surface area contributed by atoms with E-state index in [0.717, 1.165) is 5.56 Å². The SMILES string of the molecule is O=CC(C(=O)O)c1c(Cl)ccc(OCc2ccccc2)c1Cl. The molecule has 1 atom stereocenters. The Hall–Kier alpha value is -2.04. The van der Waals surface area contributed by atoms with Crippen LogP contribution in [-0.2, 0) is 16.2 Å². The number of carboxylic acids is 1. The highest BCUT2D eigenvalue weighted by Gasteiger charge is 2.26. The predicted octanol–water partition coefficient (Wildman–Crippen LogP) is 3.94. The van der Waals surface area contributed by atoms with Crippen LogP contribution in [0, 0.1) is 0 Å². The van der Waals surface area contributed by atoms with Gasteiger partial charge in [-0.25, -0.2) is 0 Å². The minimum absolute atomic E-state index is 0.0305. The zero-order valence-corrected chi connectivity index (χ0v) is 12.8. The summed E-state index contributed by atoms with van der Waals surface area (Å²) in [4.78, 5) is 22.1. The van der Waals surface area contributed by atoms with Crippen LogP contribution in [0.5, 0.6) is 5.75 Å². The maximum atomic E-state index is 11.1. The molecule has 0 radical (unpaired) electrons. The van der Waals surface area contributed by atoms with E-state index in [4.69, 9.17) is 33.0 Å². The maximum absolute atomic E-state index is 11.1. The molecule has 0 heterocycles. The lowest BCUT2D eigenvalue weighted by Gasteiger charge is -2.15. The second-order valence-corrected chi connectivity index (χ2v) is 5.28. The Morgan fingerprint density at radius 3 is 2.45 bits per heavy atom. The molecule has 0 bridgehead atoms. The van der Waals surface area contributed by atoms with Crippen molar-refractivity contribution in [2.75, 3.05) is 0 Å². The monoisotopic (exact) mass is 338 g/mol. The topological polar surface area (TPSA) is 63.6 Å². The van der Waals surface area contributed by atoms with Crippen molar-refractivity contribution in [2.24, 2.45) is 0 Å². The van der Waals surface area contributed by atoms with Gasteiger partial charge in [0.05, 0.1) is 5.02 Å². The molecule has 0 aromatic heterocycles. The van der Waals surface area contributed by atoms with Gasteiger partial charge >= 0.3 is 5.97 Å². The Bertz CT molecular complexity index is 686. The van der Waals surface area contributed by atoms with Crippen LogP contribution in [0.25, 0.3) is 0 Å². The number of aliphatic carboxylic acids is 1. The molecule has 2 aromatic carbocycles. The van der Waals surface area contributed by atoms with Crippen molar-refractivity contribution in [3.63, 3.8) is 0 Å². The summed E-state index contributed by atoms with van der Waals surface area (Å²) in [5, 5.41) is 9.22. The molecule has 0 aliphatic carbocycles. The second kappa shape index (κ2) is 7.29. The summed E-state index contributed by atoms with van der Waals surface area (Å²) >= 11 is 12.1. The summed E-state index contributed by atoms with van der Waals surface area (Å²) in [6.45, 7) is 0.264. The van der Waals surface area contributed by atoms with Crippen molar-refractivity contribution >= 4 is 35.5 Å². The molecule has 0 spiro atoms. The van der Waals surface area contributed by atoms with E-state index in [1.165, 1.54) is 6.07 Å². The number of carbonyl (C=O) groups is 2. The Morgan fingerprint density at radius 2 is 1.86 bits per heavy atom. The van der Waals surface area contributed by atoms with E-state index in [-0.39, 0.29) is 34.3 Å². The number of benzene rings is 2. The highest BCUT2D eigenvalue weighted by Crippen LogP contribution is 2.38. The number of hydrogen-bond acceptors (Lipinski definition) is 3. The van der Waals surface area contributed by atoms with Gasteiger partial charge in [-0.1, -0.05) is 53.5 Å². The van der Waals surface area contributed by atoms with E-state index in [1.54, 1.807) is 6.07 Å². The smallest absolute Gasteiger partial charge is 0.318 e. The highest BCUT2D eigenvalue weighted by atomic mass is 35.5. The number of aldehydes is 1. The molecule has 0 amide bonds. The van der Waals surface area contributed by atoms with Gasteiger partial charge in [-0.15, -0.1) is 0 Å². The lowest BCUT2D eigenvalue weighted by molar-refractivity contribution is -0.140. The second-order valence-electron chi connectivity index (χ2n) is 4.50. The third-order valence-electron chi connectivity index (χ3n) is 3.04. The predicted molar refractivity (Wildman–Crippen MR) is 83.7 cm³/mol. The van der Waals surface area contributed by atoms with Crippen LogP contribution in [0.1, 0.15) is 17.0 Å². The molecule has 6 heteroatoms. The molecule has 22 heavy (non-hydrogen) atoms. The zero-order valence-electron chi connectivity index (χ0n) is 11.3. The normalized spacial score (nSPS) is 11.7. The van der Waals surface area contributed by atoms with Crippen molar-refractivity contribution in [1.82, 2.24) is 0 Å². The third-order valence-corrected chi connectivity index (χ3v) is 3.76. The summed E-state index contributed by atoms with van der Waals surface area (Å²) in [5.41, 5.74) is 0.969. The van der Waals surface area contributed by atoms with Crippen LogP contribution < -0.4 is 4.74 Å². The van der Waals surface area contributed by atoms with Crippen molar-refractivity contribution in [1.29, 1.82) is 0 Å². The summed E-state index contributed by atoms with van der Waals surface area (Å²) in [5.74, 6) is -2.47. The van der Waals surface area contributed by atoms with Gasteiger partial charge < -0.3 is 14.6 Å². The molecule has 2 rings (SSSR count). The van der Waals surface area contributed by atoms with Crippen LogP contribution >= 0.6 is 23.2 Å². The van der Waals surface area contributed by atoms with Crippen molar-refractivity contribution < 1.29 is 19.4 Å². The van der Waals surface area contributed by atoms with Gasteiger partial charge in [0.25, 0.3) is 0 Å². The fourth-order valence-electron chi connectivity index (χ4n) is 1.93. The van der Waals surface area contributed by atoms with E-state index in [1.807, 2.05) is 30.3 Å². The molecule has 114 valence electrons.